The second kappa shape index (κ2) is 6.54. The van der Waals surface area contributed by atoms with Crippen molar-refractivity contribution in [2.75, 3.05) is 18.5 Å². The van der Waals surface area contributed by atoms with Gasteiger partial charge in [0.1, 0.15) is 10.7 Å². The largest absolute Gasteiger partial charge is 0.360 e. The lowest BCUT2D eigenvalue weighted by Gasteiger charge is -2.20. The van der Waals surface area contributed by atoms with Gasteiger partial charge >= 0.3 is 0 Å². The number of aromatic nitrogens is 1. The number of hydrogen-bond acceptors (Lipinski definition) is 4. The van der Waals surface area contributed by atoms with Gasteiger partial charge in [0.05, 0.1) is 0 Å². The Hall–Kier alpha value is -1.14. The predicted molar refractivity (Wildman–Crippen MR) is 89.2 cm³/mol. The lowest BCUT2D eigenvalue weighted by Crippen LogP contribution is -2.21. The van der Waals surface area contributed by atoms with Gasteiger partial charge in [-0.05, 0) is 55.6 Å². The number of pyridine rings is 1. The standard InChI is InChI=1S/C16H27N3O2S/c1-16(2)9-8-13(11-16)5-4-10-19(3)15-7-6-14(12-18-15)22(17,20)21/h6-7,12-13H,4-5,8-11H2,1-3H3,(H2,17,20,21). The van der Waals surface area contributed by atoms with Crippen LogP contribution in [-0.2, 0) is 10.0 Å². The van der Waals surface area contributed by atoms with Gasteiger partial charge in [-0.2, -0.15) is 0 Å². The average molecular weight is 325 g/mol. The van der Waals surface area contributed by atoms with Crippen LogP contribution < -0.4 is 10.0 Å². The maximum atomic E-state index is 11.2. The van der Waals surface area contributed by atoms with Crippen molar-refractivity contribution in [3.05, 3.63) is 18.3 Å². The molecule has 1 aromatic heterocycles. The van der Waals surface area contributed by atoms with Crippen molar-refractivity contribution >= 4 is 15.8 Å². The number of nitrogens with zero attached hydrogens (tertiary/aromatic N) is 2. The minimum Gasteiger partial charge on any atom is -0.360 e. The fourth-order valence-electron chi connectivity index (χ4n) is 3.33. The summed E-state index contributed by atoms with van der Waals surface area (Å²) in [6, 6.07) is 3.21. The molecule has 2 N–H and O–H groups in total. The van der Waals surface area contributed by atoms with E-state index in [-0.39, 0.29) is 4.90 Å². The van der Waals surface area contributed by atoms with Gasteiger partial charge < -0.3 is 4.90 Å². The summed E-state index contributed by atoms with van der Waals surface area (Å²) >= 11 is 0. The van der Waals surface area contributed by atoms with E-state index in [9.17, 15) is 8.42 Å². The molecule has 1 atom stereocenters. The average Bonchev–Trinajstić information content (AvgIpc) is 2.77. The van der Waals surface area contributed by atoms with Crippen LogP contribution in [-0.4, -0.2) is 27.0 Å². The van der Waals surface area contributed by atoms with E-state index in [0.29, 0.717) is 5.41 Å². The van der Waals surface area contributed by atoms with Crippen molar-refractivity contribution in [3.8, 4) is 0 Å². The van der Waals surface area contributed by atoms with E-state index in [1.54, 1.807) is 6.07 Å². The molecule has 1 unspecified atom stereocenters. The van der Waals surface area contributed by atoms with Crippen LogP contribution in [0.5, 0.6) is 0 Å². The highest BCUT2D eigenvalue weighted by atomic mass is 32.2. The Bertz CT molecular complexity index is 596. The highest BCUT2D eigenvalue weighted by Gasteiger charge is 2.30. The molecule has 22 heavy (non-hydrogen) atoms. The fraction of sp³-hybridized carbons (Fsp3) is 0.688. The smallest absolute Gasteiger partial charge is 0.239 e. The van der Waals surface area contributed by atoms with Gasteiger partial charge in [0, 0.05) is 19.8 Å². The monoisotopic (exact) mass is 325 g/mol. The Morgan fingerprint density at radius 1 is 1.41 bits per heavy atom. The third-order valence-electron chi connectivity index (χ3n) is 4.62. The Morgan fingerprint density at radius 3 is 2.64 bits per heavy atom. The van der Waals surface area contributed by atoms with Crippen LogP contribution in [0.4, 0.5) is 5.82 Å². The van der Waals surface area contributed by atoms with Gasteiger partial charge in [0.25, 0.3) is 0 Å². The van der Waals surface area contributed by atoms with Crippen LogP contribution in [0.1, 0.15) is 46.0 Å². The van der Waals surface area contributed by atoms with Gasteiger partial charge in [0.15, 0.2) is 0 Å². The second-order valence-corrected chi connectivity index (χ2v) is 8.80. The first-order valence-electron chi connectivity index (χ1n) is 7.87. The Kier molecular flexibility index (Phi) is 5.12. The van der Waals surface area contributed by atoms with Gasteiger partial charge in [-0.3, -0.25) is 0 Å². The van der Waals surface area contributed by atoms with Gasteiger partial charge in [-0.15, -0.1) is 0 Å². The molecule has 1 aliphatic rings. The Morgan fingerprint density at radius 2 is 2.14 bits per heavy atom. The Balaban J connectivity index is 1.81. The highest BCUT2D eigenvalue weighted by Crippen LogP contribution is 2.42. The summed E-state index contributed by atoms with van der Waals surface area (Å²) in [5.74, 6) is 1.63. The minimum atomic E-state index is -3.67. The second-order valence-electron chi connectivity index (χ2n) is 7.23. The Labute approximate surface area is 134 Å². The molecule has 1 fully saturated rings. The van der Waals surface area contributed by atoms with E-state index in [1.165, 1.54) is 37.9 Å². The van der Waals surface area contributed by atoms with E-state index in [4.69, 9.17) is 5.14 Å². The molecule has 1 saturated carbocycles. The first-order valence-corrected chi connectivity index (χ1v) is 9.42. The molecule has 124 valence electrons. The molecule has 1 heterocycles. The van der Waals surface area contributed by atoms with Crippen LogP contribution in [0.15, 0.2) is 23.2 Å². The SMILES string of the molecule is CN(CCCC1CCC(C)(C)C1)c1ccc(S(N)(=O)=O)cn1. The molecular weight excluding hydrogens is 298 g/mol. The highest BCUT2D eigenvalue weighted by molar-refractivity contribution is 7.89. The topological polar surface area (TPSA) is 76.3 Å². The third-order valence-corrected chi connectivity index (χ3v) is 5.52. The molecule has 0 aromatic carbocycles. The fourth-order valence-corrected chi connectivity index (χ4v) is 3.78. The summed E-state index contributed by atoms with van der Waals surface area (Å²) < 4.78 is 22.4. The van der Waals surface area contributed by atoms with Crippen LogP contribution in [0, 0.1) is 11.3 Å². The van der Waals surface area contributed by atoms with Crippen molar-refractivity contribution in [1.82, 2.24) is 4.98 Å². The summed E-state index contributed by atoms with van der Waals surface area (Å²) in [4.78, 5) is 6.30. The number of anilines is 1. The van der Waals surface area contributed by atoms with E-state index in [0.717, 1.165) is 24.7 Å². The number of nitrogens with two attached hydrogens (primary N) is 1. The molecule has 1 aliphatic carbocycles. The van der Waals surface area contributed by atoms with E-state index >= 15 is 0 Å². The molecule has 0 saturated heterocycles. The number of hydrogen-bond donors (Lipinski definition) is 1. The molecule has 0 radical (unpaired) electrons. The number of rotatable bonds is 6. The lowest BCUT2D eigenvalue weighted by atomic mass is 9.89. The predicted octanol–water partition coefficient (Wildman–Crippen LogP) is 2.77. The van der Waals surface area contributed by atoms with Crippen molar-refractivity contribution < 1.29 is 8.42 Å². The first-order chi connectivity index (χ1) is 10.2. The van der Waals surface area contributed by atoms with Crippen LogP contribution >= 0.6 is 0 Å². The van der Waals surface area contributed by atoms with Crippen molar-refractivity contribution in [2.45, 2.75) is 50.8 Å². The summed E-state index contributed by atoms with van der Waals surface area (Å²) in [6.45, 7) is 5.64. The van der Waals surface area contributed by atoms with Crippen LogP contribution in [0.25, 0.3) is 0 Å². The summed E-state index contributed by atoms with van der Waals surface area (Å²) in [7, 11) is -1.68. The zero-order valence-electron chi connectivity index (χ0n) is 13.7. The van der Waals surface area contributed by atoms with Crippen molar-refractivity contribution in [2.24, 2.45) is 16.5 Å². The third kappa shape index (κ3) is 4.68. The maximum Gasteiger partial charge on any atom is 0.239 e. The van der Waals surface area contributed by atoms with E-state index in [2.05, 4.69) is 23.7 Å². The zero-order valence-corrected chi connectivity index (χ0v) is 14.6. The van der Waals surface area contributed by atoms with E-state index < -0.39 is 10.0 Å². The van der Waals surface area contributed by atoms with Crippen LogP contribution in [0.3, 0.4) is 0 Å². The van der Waals surface area contributed by atoms with Gasteiger partial charge in [-0.1, -0.05) is 13.8 Å². The molecular formula is C16H27N3O2S. The quantitative estimate of drug-likeness (QED) is 0.872. The first kappa shape index (κ1) is 17.2. The molecule has 6 heteroatoms. The molecule has 2 rings (SSSR count). The number of sulfonamides is 1. The molecule has 0 bridgehead atoms. The van der Waals surface area contributed by atoms with Crippen LogP contribution in [0.2, 0.25) is 0 Å². The van der Waals surface area contributed by atoms with Crippen molar-refractivity contribution in [3.63, 3.8) is 0 Å². The molecule has 0 amide bonds. The molecule has 0 aliphatic heterocycles. The molecule has 0 spiro atoms. The maximum absolute atomic E-state index is 11.2. The molecule has 1 aromatic rings. The zero-order chi connectivity index (χ0) is 16.4. The summed E-state index contributed by atoms with van der Waals surface area (Å²) in [5.41, 5.74) is 0.516. The van der Waals surface area contributed by atoms with Gasteiger partial charge in [0.2, 0.25) is 10.0 Å². The van der Waals surface area contributed by atoms with Gasteiger partial charge in [-0.25, -0.2) is 18.5 Å². The minimum absolute atomic E-state index is 0.0536. The number of primary sulfonamides is 1. The normalized spacial score (nSPS) is 21.0. The van der Waals surface area contributed by atoms with E-state index in [1.807, 2.05) is 7.05 Å². The lowest BCUT2D eigenvalue weighted by molar-refractivity contribution is 0.352. The van der Waals surface area contributed by atoms with Crippen molar-refractivity contribution in [1.29, 1.82) is 0 Å². The summed E-state index contributed by atoms with van der Waals surface area (Å²) in [5, 5.41) is 5.07. The summed E-state index contributed by atoms with van der Waals surface area (Å²) in [6.07, 6.45) is 7.72. The molecule has 5 nitrogen and oxygen atoms in total.